The van der Waals surface area contributed by atoms with Gasteiger partial charge in [0.05, 0.1) is 12.7 Å². The van der Waals surface area contributed by atoms with E-state index in [1.54, 1.807) is 0 Å². The summed E-state index contributed by atoms with van der Waals surface area (Å²) in [4.78, 5) is 11.9. The highest BCUT2D eigenvalue weighted by Crippen LogP contribution is 2.68. The molecular weight excluding hydrogens is 530 g/mol. The number of fused-ring (bicyclic) bond motifs is 5. The van der Waals surface area contributed by atoms with Gasteiger partial charge >= 0.3 is 0 Å². The number of carbonyl (C=O) groups excluding carboxylic acids is 1. The van der Waals surface area contributed by atoms with Gasteiger partial charge in [-0.1, -0.05) is 53.9 Å². The molecule has 4 saturated carbocycles. The highest BCUT2D eigenvalue weighted by atomic mass is 16.7. The molecule has 0 bridgehead atoms. The maximum atomic E-state index is 11.9. The van der Waals surface area contributed by atoms with E-state index in [1.807, 2.05) is 0 Å². The van der Waals surface area contributed by atoms with Gasteiger partial charge in [-0.15, -0.1) is 0 Å². The Morgan fingerprint density at radius 3 is 2.36 bits per heavy atom. The van der Waals surface area contributed by atoms with Gasteiger partial charge in [-0.2, -0.15) is 0 Å². The fourth-order valence-electron chi connectivity index (χ4n) is 11.1. The topological polar surface area (TPSA) is 108 Å². The first-order valence-corrected chi connectivity index (χ1v) is 17.4. The van der Waals surface area contributed by atoms with Gasteiger partial charge in [0, 0.05) is 6.92 Å². The molecule has 1 amide bonds. The van der Waals surface area contributed by atoms with Crippen molar-refractivity contribution in [3.63, 3.8) is 0 Å². The molecule has 0 unspecified atom stereocenters. The first-order chi connectivity index (χ1) is 19.9. The van der Waals surface area contributed by atoms with E-state index in [4.69, 9.17) is 9.47 Å². The first-order valence-electron chi connectivity index (χ1n) is 17.4. The van der Waals surface area contributed by atoms with Crippen LogP contribution in [0.1, 0.15) is 119 Å². The smallest absolute Gasteiger partial charge is 0.217 e. The Bertz CT molecular complexity index is 929. The predicted octanol–water partition coefficient (Wildman–Crippen LogP) is 5.44. The molecular formula is C35H61NO6. The van der Waals surface area contributed by atoms with Crippen LogP contribution in [0, 0.1) is 52.3 Å². The average Bonchev–Trinajstić information content (AvgIpc) is 3.29. The number of nitrogens with one attached hydrogen (secondary N) is 1. The van der Waals surface area contributed by atoms with Gasteiger partial charge < -0.3 is 30.1 Å². The number of carbonyl (C=O) groups is 1. The number of hydrogen-bond donors (Lipinski definition) is 4. The van der Waals surface area contributed by atoms with Crippen LogP contribution in [-0.4, -0.2) is 64.6 Å². The molecule has 242 valence electrons. The second-order valence-corrected chi connectivity index (χ2v) is 16.2. The molecule has 0 aromatic carbocycles. The van der Waals surface area contributed by atoms with Crippen molar-refractivity contribution in [3.8, 4) is 0 Å². The van der Waals surface area contributed by atoms with E-state index < -0.39 is 37.3 Å². The molecule has 4 N–H and O–H groups in total. The Hall–Kier alpha value is -0.730. The van der Waals surface area contributed by atoms with Gasteiger partial charge in [-0.25, -0.2) is 0 Å². The molecule has 0 spiro atoms. The molecule has 0 aromatic rings. The van der Waals surface area contributed by atoms with E-state index in [-0.39, 0.29) is 12.0 Å². The van der Waals surface area contributed by atoms with E-state index >= 15 is 0 Å². The lowest BCUT2D eigenvalue weighted by Crippen LogP contribution is -2.65. The third-order valence-electron chi connectivity index (χ3n) is 13.4. The van der Waals surface area contributed by atoms with Gasteiger partial charge in [0.2, 0.25) is 5.91 Å². The number of aliphatic hydroxyl groups excluding tert-OH is 3. The van der Waals surface area contributed by atoms with E-state index in [0.29, 0.717) is 16.7 Å². The van der Waals surface area contributed by atoms with Gasteiger partial charge in [-0.3, -0.25) is 4.79 Å². The summed E-state index contributed by atoms with van der Waals surface area (Å²) < 4.78 is 12.4. The Morgan fingerprint density at radius 2 is 1.67 bits per heavy atom. The maximum Gasteiger partial charge on any atom is 0.217 e. The van der Waals surface area contributed by atoms with Crippen LogP contribution in [0.5, 0.6) is 0 Å². The van der Waals surface area contributed by atoms with Crippen molar-refractivity contribution < 1.29 is 29.6 Å². The quantitative estimate of drug-likeness (QED) is 0.266. The summed E-state index contributed by atoms with van der Waals surface area (Å²) in [5, 5.41) is 33.5. The molecule has 7 heteroatoms. The van der Waals surface area contributed by atoms with Crippen molar-refractivity contribution in [2.45, 2.75) is 155 Å². The Labute approximate surface area is 254 Å². The van der Waals surface area contributed by atoms with Crippen LogP contribution < -0.4 is 5.32 Å². The van der Waals surface area contributed by atoms with Gasteiger partial charge in [0.15, 0.2) is 6.29 Å². The Morgan fingerprint density at radius 1 is 0.952 bits per heavy atom. The number of hydrogen-bond acceptors (Lipinski definition) is 6. The Balaban J connectivity index is 1.23. The summed E-state index contributed by atoms with van der Waals surface area (Å²) in [5.74, 6) is 5.32. The summed E-state index contributed by atoms with van der Waals surface area (Å²) in [6.45, 7) is 13.5. The van der Waals surface area contributed by atoms with Crippen molar-refractivity contribution in [1.29, 1.82) is 0 Å². The van der Waals surface area contributed by atoms with Crippen molar-refractivity contribution in [3.05, 3.63) is 0 Å². The lowest BCUT2D eigenvalue weighted by Gasteiger charge is -2.61. The molecule has 0 aromatic heterocycles. The molecule has 0 radical (unpaired) electrons. The van der Waals surface area contributed by atoms with Crippen LogP contribution >= 0.6 is 0 Å². The maximum absolute atomic E-state index is 11.9. The zero-order valence-corrected chi connectivity index (χ0v) is 27.3. The minimum absolute atomic E-state index is 0.0286. The highest BCUT2D eigenvalue weighted by molar-refractivity contribution is 5.73. The summed E-state index contributed by atoms with van der Waals surface area (Å²) in [5.41, 5.74) is 0.840. The minimum atomic E-state index is -1.29. The third-order valence-corrected chi connectivity index (χ3v) is 13.4. The van der Waals surface area contributed by atoms with Gasteiger partial charge in [-0.05, 0) is 110 Å². The third kappa shape index (κ3) is 6.08. The minimum Gasteiger partial charge on any atom is -0.394 e. The zero-order valence-electron chi connectivity index (χ0n) is 27.3. The van der Waals surface area contributed by atoms with Crippen molar-refractivity contribution >= 4 is 5.91 Å². The van der Waals surface area contributed by atoms with Crippen molar-refractivity contribution in [2.75, 3.05) is 6.61 Å². The molecule has 5 aliphatic rings. The summed E-state index contributed by atoms with van der Waals surface area (Å²) in [6.07, 6.45) is 10.9. The van der Waals surface area contributed by atoms with Gasteiger partial charge in [0.25, 0.3) is 0 Å². The molecule has 1 heterocycles. The summed E-state index contributed by atoms with van der Waals surface area (Å²) in [7, 11) is 0. The molecule has 5 fully saturated rings. The molecule has 5 rings (SSSR count). The molecule has 42 heavy (non-hydrogen) atoms. The van der Waals surface area contributed by atoms with Crippen LogP contribution in [0.3, 0.4) is 0 Å². The lowest BCUT2D eigenvalue weighted by molar-refractivity contribution is -0.288. The van der Waals surface area contributed by atoms with E-state index in [1.165, 1.54) is 64.7 Å². The number of rotatable bonds is 9. The normalized spacial score (nSPS) is 47.8. The lowest BCUT2D eigenvalue weighted by atomic mass is 9.44. The molecule has 14 atom stereocenters. The van der Waals surface area contributed by atoms with E-state index in [9.17, 15) is 20.1 Å². The number of amides is 1. The van der Waals surface area contributed by atoms with Gasteiger partial charge in [0.1, 0.15) is 24.4 Å². The average molecular weight is 592 g/mol. The van der Waals surface area contributed by atoms with E-state index in [2.05, 4.69) is 39.9 Å². The fraction of sp³-hybridized carbons (Fsp3) is 0.971. The number of ether oxygens (including phenoxy) is 2. The monoisotopic (exact) mass is 591 g/mol. The highest BCUT2D eigenvalue weighted by Gasteiger charge is 2.61. The largest absolute Gasteiger partial charge is 0.394 e. The first kappa shape index (κ1) is 32.7. The molecule has 4 aliphatic carbocycles. The standard InChI is InChI=1S/C35H61NO6/c1-20(2)8-7-9-21(3)26-12-13-27-25-11-10-23-18-24(14-16-34(23,5)28(25)15-17-35(26,27)6)41-33-30(36-22(4)38)32(40)31(39)29(19-37)42-33/h20-21,23-33,37,39-40H,7-19H2,1-6H3,(H,36,38)/t21-,23+,24+,25+,26-,27+,28+,29-,30-,31-,32-,33+,34+,35-/m1/s1. The molecule has 1 saturated heterocycles. The second kappa shape index (κ2) is 12.9. The zero-order chi connectivity index (χ0) is 30.4. The molecule has 1 aliphatic heterocycles. The fourth-order valence-corrected chi connectivity index (χ4v) is 11.1. The van der Waals surface area contributed by atoms with E-state index in [0.717, 1.165) is 54.8 Å². The number of aliphatic hydroxyl groups is 3. The summed E-state index contributed by atoms with van der Waals surface area (Å²) >= 11 is 0. The molecule has 7 nitrogen and oxygen atoms in total. The van der Waals surface area contributed by atoms with Crippen molar-refractivity contribution in [2.24, 2.45) is 52.3 Å². The van der Waals surface area contributed by atoms with Crippen LogP contribution in [-0.2, 0) is 14.3 Å². The van der Waals surface area contributed by atoms with Crippen LogP contribution in [0.25, 0.3) is 0 Å². The predicted molar refractivity (Wildman–Crippen MR) is 163 cm³/mol. The second-order valence-electron chi connectivity index (χ2n) is 16.2. The summed E-state index contributed by atoms with van der Waals surface area (Å²) in [6, 6.07) is -0.872. The van der Waals surface area contributed by atoms with Crippen molar-refractivity contribution in [1.82, 2.24) is 5.32 Å². The van der Waals surface area contributed by atoms with Crippen LogP contribution in [0.15, 0.2) is 0 Å². The Kier molecular flexibility index (Phi) is 10.1. The van der Waals surface area contributed by atoms with Crippen LogP contribution in [0.4, 0.5) is 0 Å². The van der Waals surface area contributed by atoms with Crippen LogP contribution in [0.2, 0.25) is 0 Å². The SMILES string of the molecule is CC(=O)N[C@H]1[C@@H](O[C@H]2CC[C@@]3(C)[C@@H](CC[C@@H]4[C@@H]3CC[C@]3(C)[C@@H]([C@H](C)CCCC(C)C)CC[C@@H]43)C2)O[C@H](CO)[C@@H](O)[C@@H]1O.